The zero-order valence-corrected chi connectivity index (χ0v) is 11.7. The highest BCUT2D eigenvalue weighted by atomic mass is 16.5. The number of anilines is 1. The second-order valence-electron chi connectivity index (χ2n) is 4.48. The van der Waals surface area contributed by atoms with Crippen LogP contribution in [0.4, 0.5) is 5.69 Å². The first kappa shape index (κ1) is 14.9. The van der Waals surface area contributed by atoms with Crippen molar-refractivity contribution in [3.05, 3.63) is 24.3 Å². The summed E-state index contributed by atoms with van der Waals surface area (Å²) in [7, 11) is 1.50. The van der Waals surface area contributed by atoms with Gasteiger partial charge < -0.3 is 14.8 Å². The molecule has 1 aliphatic heterocycles. The van der Waals surface area contributed by atoms with E-state index in [1.165, 1.54) is 12.0 Å². The van der Waals surface area contributed by atoms with E-state index in [1.54, 1.807) is 24.3 Å². The molecule has 1 aromatic carbocycles. The lowest BCUT2D eigenvalue weighted by Crippen LogP contribution is -2.47. The molecule has 110 valence electrons. The van der Waals surface area contributed by atoms with E-state index in [0.29, 0.717) is 11.4 Å². The van der Waals surface area contributed by atoms with Crippen LogP contribution in [0.15, 0.2) is 24.3 Å². The van der Waals surface area contributed by atoms with Gasteiger partial charge in [0.25, 0.3) is 5.91 Å². The van der Waals surface area contributed by atoms with Crippen LogP contribution in [0.5, 0.6) is 5.75 Å². The molecular formula is C15H16N2O4. The lowest BCUT2D eigenvalue weighted by atomic mass is 10.2. The first-order chi connectivity index (χ1) is 10.2. The summed E-state index contributed by atoms with van der Waals surface area (Å²) in [6.45, 7) is 0.0257. The van der Waals surface area contributed by atoms with Crippen LogP contribution in [0.1, 0.15) is 0 Å². The Kier molecular flexibility index (Phi) is 4.80. The molecule has 0 aliphatic carbocycles. The van der Waals surface area contributed by atoms with Gasteiger partial charge in [0, 0.05) is 7.11 Å². The topological polar surface area (TPSA) is 67.9 Å². The fourth-order valence-electron chi connectivity index (χ4n) is 2.01. The Labute approximate surface area is 123 Å². The Morgan fingerprint density at radius 2 is 2.33 bits per heavy atom. The van der Waals surface area contributed by atoms with E-state index in [-0.39, 0.29) is 31.6 Å². The van der Waals surface area contributed by atoms with Gasteiger partial charge in [-0.25, -0.2) is 0 Å². The second-order valence-corrected chi connectivity index (χ2v) is 4.48. The van der Waals surface area contributed by atoms with Crippen molar-refractivity contribution in [1.29, 1.82) is 0 Å². The van der Waals surface area contributed by atoms with Crippen LogP contribution in [-0.4, -0.2) is 44.7 Å². The standard InChI is InChI=1S/C15H16N2O4/c1-3-11(9-20-2)16-14(18)8-17-12-6-4-5-7-13(12)21-10-15(17)19/h1,4-7,11H,8-10H2,2H3,(H,16,18)/t11-/m0/s1. The first-order valence-electron chi connectivity index (χ1n) is 6.42. The molecule has 0 saturated carbocycles. The Morgan fingerprint density at radius 1 is 1.57 bits per heavy atom. The van der Waals surface area contributed by atoms with E-state index in [2.05, 4.69) is 11.2 Å². The molecule has 0 bridgehead atoms. The smallest absolute Gasteiger partial charge is 0.265 e. The summed E-state index contributed by atoms with van der Waals surface area (Å²) in [5.74, 6) is 2.38. The SMILES string of the molecule is C#C[C@@H](COC)NC(=O)CN1C(=O)COc2ccccc21. The van der Waals surface area contributed by atoms with Gasteiger partial charge in [-0.15, -0.1) is 6.42 Å². The Bertz CT molecular complexity index is 579. The molecule has 0 spiro atoms. The van der Waals surface area contributed by atoms with Gasteiger partial charge in [-0.1, -0.05) is 18.1 Å². The highest BCUT2D eigenvalue weighted by Gasteiger charge is 2.27. The summed E-state index contributed by atoms with van der Waals surface area (Å²) in [6.07, 6.45) is 5.30. The van der Waals surface area contributed by atoms with Crippen LogP contribution < -0.4 is 15.0 Å². The van der Waals surface area contributed by atoms with Gasteiger partial charge in [0.2, 0.25) is 5.91 Å². The van der Waals surface area contributed by atoms with Crippen molar-refractivity contribution in [1.82, 2.24) is 5.32 Å². The van der Waals surface area contributed by atoms with E-state index in [9.17, 15) is 9.59 Å². The van der Waals surface area contributed by atoms with Crippen LogP contribution >= 0.6 is 0 Å². The lowest BCUT2D eigenvalue weighted by molar-refractivity contribution is -0.125. The van der Waals surface area contributed by atoms with Crippen molar-refractivity contribution >= 4 is 17.5 Å². The minimum Gasteiger partial charge on any atom is -0.482 e. The maximum Gasteiger partial charge on any atom is 0.265 e. The summed E-state index contributed by atoms with van der Waals surface area (Å²) >= 11 is 0. The van der Waals surface area contributed by atoms with Crippen molar-refractivity contribution in [2.24, 2.45) is 0 Å². The van der Waals surface area contributed by atoms with Gasteiger partial charge in [-0.2, -0.15) is 0 Å². The number of ether oxygens (including phenoxy) is 2. The number of methoxy groups -OCH3 is 1. The van der Waals surface area contributed by atoms with Gasteiger partial charge in [0.1, 0.15) is 18.3 Å². The van der Waals surface area contributed by atoms with Crippen molar-refractivity contribution in [3.8, 4) is 18.1 Å². The molecular weight excluding hydrogens is 272 g/mol. The average molecular weight is 288 g/mol. The number of fused-ring (bicyclic) bond motifs is 1. The number of para-hydroxylation sites is 2. The van der Waals surface area contributed by atoms with Crippen LogP contribution in [0, 0.1) is 12.3 Å². The molecule has 0 aromatic heterocycles. The summed E-state index contributed by atoms with van der Waals surface area (Å²) in [5, 5.41) is 2.63. The molecule has 21 heavy (non-hydrogen) atoms. The van der Waals surface area contributed by atoms with Crippen molar-refractivity contribution in [2.45, 2.75) is 6.04 Å². The highest BCUT2D eigenvalue weighted by Crippen LogP contribution is 2.31. The minimum atomic E-state index is -0.520. The fourth-order valence-corrected chi connectivity index (χ4v) is 2.01. The maximum atomic E-state index is 12.0. The number of terminal acetylenes is 1. The number of hydrogen-bond donors (Lipinski definition) is 1. The molecule has 1 aromatic rings. The molecule has 1 heterocycles. The number of carbonyl (C=O) groups is 2. The van der Waals surface area contributed by atoms with Crippen molar-refractivity contribution in [2.75, 3.05) is 31.8 Å². The number of nitrogens with one attached hydrogen (secondary N) is 1. The maximum absolute atomic E-state index is 12.0. The zero-order valence-electron chi connectivity index (χ0n) is 11.7. The molecule has 0 unspecified atom stereocenters. The summed E-state index contributed by atoms with van der Waals surface area (Å²) < 4.78 is 10.2. The molecule has 6 nitrogen and oxygen atoms in total. The normalized spacial score (nSPS) is 14.7. The molecule has 2 amide bonds. The van der Waals surface area contributed by atoms with E-state index in [1.807, 2.05) is 0 Å². The number of amides is 2. The zero-order chi connectivity index (χ0) is 15.2. The molecule has 2 rings (SSSR count). The number of hydrogen-bond acceptors (Lipinski definition) is 4. The highest BCUT2D eigenvalue weighted by molar-refractivity contribution is 6.02. The average Bonchev–Trinajstić information content (AvgIpc) is 2.49. The fraction of sp³-hybridized carbons (Fsp3) is 0.333. The van der Waals surface area contributed by atoms with Crippen LogP contribution in [-0.2, 0) is 14.3 Å². The summed E-state index contributed by atoms with van der Waals surface area (Å²) in [4.78, 5) is 25.3. The Morgan fingerprint density at radius 3 is 3.05 bits per heavy atom. The number of nitrogens with zero attached hydrogens (tertiary/aromatic N) is 1. The number of carbonyl (C=O) groups excluding carboxylic acids is 2. The molecule has 1 atom stereocenters. The predicted octanol–water partition coefficient (Wildman–Crippen LogP) is 0.176. The van der Waals surface area contributed by atoms with Crippen LogP contribution in [0.25, 0.3) is 0 Å². The van der Waals surface area contributed by atoms with Gasteiger partial charge in [-0.3, -0.25) is 14.5 Å². The Balaban J connectivity index is 2.07. The summed E-state index contributed by atoms with van der Waals surface area (Å²) in [5.41, 5.74) is 0.577. The van der Waals surface area contributed by atoms with Gasteiger partial charge in [0.15, 0.2) is 6.61 Å². The molecule has 0 saturated heterocycles. The minimum absolute atomic E-state index is 0.0824. The van der Waals surface area contributed by atoms with Gasteiger partial charge in [-0.05, 0) is 12.1 Å². The van der Waals surface area contributed by atoms with E-state index in [0.717, 1.165) is 0 Å². The predicted molar refractivity (Wildman–Crippen MR) is 76.9 cm³/mol. The number of rotatable bonds is 5. The Hall–Kier alpha value is -2.52. The van der Waals surface area contributed by atoms with E-state index >= 15 is 0 Å². The molecule has 1 aliphatic rings. The lowest BCUT2D eigenvalue weighted by Gasteiger charge is -2.29. The molecule has 6 heteroatoms. The van der Waals surface area contributed by atoms with Gasteiger partial charge >= 0.3 is 0 Å². The van der Waals surface area contributed by atoms with Gasteiger partial charge in [0.05, 0.1) is 12.3 Å². The second kappa shape index (κ2) is 6.77. The molecule has 1 N–H and O–H groups in total. The largest absolute Gasteiger partial charge is 0.482 e. The van der Waals surface area contributed by atoms with E-state index in [4.69, 9.17) is 15.9 Å². The summed E-state index contributed by atoms with van der Waals surface area (Å²) in [6, 6.07) is 6.55. The van der Waals surface area contributed by atoms with Crippen LogP contribution in [0.2, 0.25) is 0 Å². The molecule has 0 radical (unpaired) electrons. The third kappa shape index (κ3) is 3.52. The number of benzene rings is 1. The third-order valence-corrected chi connectivity index (χ3v) is 2.98. The molecule has 0 fully saturated rings. The quantitative estimate of drug-likeness (QED) is 0.785. The first-order valence-corrected chi connectivity index (χ1v) is 6.42. The van der Waals surface area contributed by atoms with Crippen molar-refractivity contribution < 1.29 is 19.1 Å². The van der Waals surface area contributed by atoms with E-state index < -0.39 is 6.04 Å². The van der Waals surface area contributed by atoms with Crippen LogP contribution in [0.3, 0.4) is 0 Å². The third-order valence-electron chi connectivity index (χ3n) is 2.98. The monoisotopic (exact) mass is 288 g/mol. The van der Waals surface area contributed by atoms with Crippen molar-refractivity contribution in [3.63, 3.8) is 0 Å².